The maximum Gasteiger partial charge on any atom is 0.486 e. The quantitative estimate of drug-likeness (QED) is 0.201. The lowest BCUT2D eigenvalue weighted by atomic mass is 9.70. The van der Waals surface area contributed by atoms with Gasteiger partial charge in [0.05, 0.1) is 5.56 Å². The van der Waals surface area contributed by atoms with Crippen LogP contribution in [0.25, 0.3) is 0 Å². The average molecular weight is 527 g/mol. The Hall–Kier alpha value is -1.55. The first-order chi connectivity index (χ1) is 15.8. The number of halogens is 6. The van der Waals surface area contributed by atoms with E-state index in [0.717, 1.165) is 18.2 Å². The van der Waals surface area contributed by atoms with Crippen molar-refractivity contribution in [1.29, 1.82) is 0 Å². The van der Waals surface area contributed by atoms with E-state index in [1.165, 1.54) is 12.1 Å². The Morgan fingerprint density at radius 1 is 1.06 bits per heavy atom. The van der Waals surface area contributed by atoms with E-state index in [-0.39, 0.29) is 18.4 Å². The minimum atomic E-state index is -4.49. The van der Waals surface area contributed by atoms with Crippen LogP contribution >= 0.6 is 0 Å². The molecule has 0 aromatic heterocycles. The highest BCUT2D eigenvalue weighted by molar-refractivity contribution is 6.76. The van der Waals surface area contributed by atoms with Crippen molar-refractivity contribution in [3.05, 3.63) is 35.4 Å². The standard InChI is InChI=1S/C25H37F6NO2Si/c1-23(2,22(33)34)19-11-14-32(20(10-13-24(26,27)28)12-15-35(3,4)5)21(16-19)17-6-8-18(9-7-17)25(29,30)31/h6-9,19-21H,10-16H2,1-5H3,(H,33,34)/p+1/t19?,20-,21-/m0/s1. The highest BCUT2D eigenvalue weighted by Gasteiger charge is 2.47. The average Bonchev–Trinajstić information content (AvgIpc) is 2.71. The van der Waals surface area contributed by atoms with Gasteiger partial charge in [-0.1, -0.05) is 37.8 Å². The van der Waals surface area contributed by atoms with Gasteiger partial charge in [-0.15, -0.1) is 0 Å². The third-order valence-electron chi connectivity index (χ3n) is 7.32. The summed E-state index contributed by atoms with van der Waals surface area (Å²) in [4.78, 5) is 11.9. The van der Waals surface area contributed by atoms with E-state index in [0.29, 0.717) is 31.4 Å². The van der Waals surface area contributed by atoms with Gasteiger partial charge < -0.3 is 9.90 Å². The Kier molecular flexibility index (Phi) is 9.18. The normalized spacial score (nSPS) is 21.7. The number of hydrogen-bond donors (Lipinski definition) is 1. The minimum absolute atomic E-state index is 0.0729. The Labute approximate surface area is 204 Å². The fraction of sp³-hybridized carbons (Fsp3) is 0.720. The van der Waals surface area contributed by atoms with E-state index < -0.39 is 49.8 Å². The van der Waals surface area contributed by atoms with Crippen molar-refractivity contribution < 1.29 is 36.2 Å². The number of nitrogens with zero attached hydrogens (tertiary/aromatic N) is 1. The number of rotatable bonds is 9. The van der Waals surface area contributed by atoms with Crippen LogP contribution in [-0.2, 0) is 6.18 Å². The zero-order valence-electron chi connectivity index (χ0n) is 21.1. The predicted molar refractivity (Wildman–Crippen MR) is 129 cm³/mol. The van der Waals surface area contributed by atoms with Crippen LogP contribution in [0.4, 0.5) is 26.3 Å². The Morgan fingerprint density at radius 3 is 2.09 bits per heavy atom. The summed E-state index contributed by atoms with van der Waals surface area (Å²) in [6.07, 6.45) is -8.23. The van der Waals surface area contributed by atoms with Gasteiger partial charge >= 0.3 is 18.3 Å². The number of carboxylic acids is 1. The fourth-order valence-corrected chi connectivity index (χ4v) is 6.09. The number of piperidine rings is 1. The summed E-state index contributed by atoms with van der Waals surface area (Å²) in [6, 6.07) is 4.86. The molecule has 1 fully saturated rings. The molecule has 1 unspecified atom stereocenters. The lowest BCUT2D eigenvalue weighted by molar-refractivity contribution is -0.139. The molecular formula is C25H38F6NO2Si+. The van der Waals surface area contributed by atoms with Crippen molar-refractivity contribution in [3.63, 3.8) is 0 Å². The van der Waals surface area contributed by atoms with Gasteiger partial charge in [-0.25, -0.2) is 0 Å². The zero-order chi connectivity index (χ0) is 26.8. The monoisotopic (exact) mass is 526 g/mol. The van der Waals surface area contributed by atoms with E-state index in [1.807, 2.05) is 4.90 Å². The summed E-state index contributed by atoms with van der Waals surface area (Å²) in [5, 5.41) is 9.85. The van der Waals surface area contributed by atoms with Crippen LogP contribution in [-0.4, -0.2) is 47.6 Å². The number of carboxylic acid groups (broad SMARTS) is 1. The third-order valence-corrected chi connectivity index (χ3v) is 9.11. The van der Waals surface area contributed by atoms with E-state index >= 15 is 0 Å². The molecule has 1 aromatic rings. The van der Waals surface area contributed by atoms with Crippen molar-refractivity contribution in [2.45, 2.75) is 96.1 Å². The van der Waals surface area contributed by atoms with Crippen molar-refractivity contribution in [2.75, 3.05) is 6.54 Å². The Morgan fingerprint density at radius 2 is 1.63 bits per heavy atom. The van der Waals surface area contributed by atoms with Gasteiger partial charge in [-0.05, 0) is 69.7 Å². The summed E-state index contributed by atoms with van der Waals surface area (Å²) in [5.41, 5.74) is -1.13. The molecule has 2 N–H and O–H groups in total. The molecule has 10 heteroatoms. The molecule has 1 aromatic carbocycles. The largest absolute Gasteiger partial charge is 0.486 e. The van der Waals surface area contributed by atoms with E-state index in [1.54, 1.807) is 13.8 Å². The first-order valence-electron chi connectivity index (χ1n) is 12.1. The number of aliphatic carboxylic acids is 1. The summed E-state index contributed by atoms with van der Waals surface area (Å²) >= 11 is 0. The highest BCUT2D eigenvalue weighted by atomic mass is 28.3. The van der Waals surface area contributed by atoms with Crippen LogP contribution in [0.2, 0.25) is 25.7 Å². The molecule has 1 aliphatic heterocycles. The van der Waals surface area contributed by atoms with Crippen LogP contribution in [0.1, 0.15) is 63.1 Å². The van der Waals surface area contributed by atoms with Gasteiger partial charge in [-0.2, -0.15) is 26.3 Å². The van der Waals surface area contributed by atoms with Gasteiger partial charge in [0.2, 0.25) is 0 Å². The third kappa shape index (κ3) is 8.51. The molecule has 1 saturated heterocycles. The summed E-state index contributed by atoms with van der Waals surface area (Å²) < 4.78 is 78.9. The molecule has 1 heterocycles. The predicted octanol–water partition coefficient (Wildman–Crippen LogP) is 7.98. The molecule has 1 aliphatic rings. The molecule has 3 atom stereocenters. The van der Waals surface area contributed by atoms with Gasteiger partial charge in [0.15, 0.2) is 0 Å². The molecule has 3 nitrogen and oxygen atoms in total. The Bertz CT molecular complexity index is 827. The van der Waals surface area contributed by atoms with Gasteiger partial charge in [0.1, 0.15) is 5.41 Å². The summed E-state index contributed by atoms with van der Waals surface area (Å²) in [5.74, 6) is -0.911. The van der Waals surface area contributed by atoms with Crippen LogP contribution < -0.4 is 0 Å². The number of benzene rings is 1. The smallest absolute Gasteiger partial charge is 0.339 e. The first-order valence-corrected chi connectivity index (χ1v) is 15.8. The summed E-state index contributed by atoms with van der Waals surface area (Å²) in [7, 11) is -1.55. The minimum Gasteiger partial charge on any atom is -0.339 e. The topological polar surface area (TPSA) is 44.9 Å². The van der Waals surface area contributed by atoms with Crippen LogP contribution in [0, 0.1) is 11.3 Å². The molecule has 0 aliphatic carbocycles. The van der Waals surface area contributed by atoms with Crippen molar-refractivity contribution >= 4 is 14.0 Å². The van der Waals surface area contributed by atoms with Gasteiger partial charge in [-0.3, -0.25) is 4.90 Å². The van der Waals surface area contributed by atoms with Crippen LogP contribution in [0.15, 0.2) is 24.3 Å². The number of likely N-dealkylation sites (tertiary alicyclic amines) is 1. The van der Waals surface area contributed by atoms with E-state index in [2.05, 4.69) is 19.6 Å². The molecule has 0 spiro atoms. The van der Waals surface area contributed by atoms with Crippen molar-refractivity contribution in [2.24, 2.45) is 11.3 Å². The van der Waals surface area contributed by atoms with Crippen molar-refractivity contribution in [1.82, 2.24) is 4.90 Å². The molecule has 0 bridgehead atoms. The fourth-order valence-electron chi connectivity index (χ4n) is 4.89. The molecule has 0 saturated carbocycles. The first kappa shape index (κ1) is 29.7. The zero-order valence-corrected chi connectivity index (χ0v) is 22.1. The number of hydrogen-bond acceptors (Lipinski definition) is 1. The van der Waals surface area contributed by atoms with E-state index in [9.17, 15) is 36.2 Å². The maximum absolute atomic E-state index is 13.2. The van der Waals surface area contributed by atoms with Crippen molar-refractivity contribution in [3.8, 4) is 0 Å². The maximum atomic E-state index is 13.2. The van der Waals surface area contributed by atoms with Crippen LogP contribution in [0.3, 0.4) is 0 Å². The number of aliphatic hydroxyl groups excluding tert-OH is 1. The molecule has 2 rings (SSSR count). The molecule has 0 radical (unpaired) electrons. The van der Waals surface area contributed by atoms with Gasteiger partial charge in [0, 0.05) is 26.6 Å². The second-order valence-electron chi connectivity index (χ2n) is 11.5. The Balaban J connectivity index is 2.44. The van der Waals surface area contributed by atoms with E-state index in [4.69, 9.17) is 0 Å². The summed E-state index contributed by atoms with van der Waals surface area (Å²) in [6.45, 7) is 10.3. The molecule has 200 valence electrons. The second kappa shape index (κ2) is 10.8. The van der Waals surface area contributed by atoms with Crippen LogP contribution in [0.5, 0.6) is 0 Å². The SMILES string of the molecule is CC(C)(C(O)=[OH+])C1CCN([C@@H](CCC(F)(F)F)CC[Si](C)(C)C)[C@H](c2ccc(C(F)(F)F)cc2)C1. The lowest BCUT2D eigenvalue weighted by Gasteiger charge is -2.47. The second-order valence-corrected chi connectivity index (χ2v) is 17.2. The lowest BCUT2D eigenvalue weighted by Crippen LogP contribution is -2.48. The molecule has 35 heavy (non-hydrogen) atoms. The highest BCUT2D eigenvalue weighted by Crippen LogP contribution is 2.45. The molecule has 0 amide bonds. The number of alkyl halides is 6. The van der Waals surface area contributed by atoms with Gasteiger partial charge in [0.25, 0.3) is 0 Å². The molecular weight excluding hydrogens is 488 g/mol.